The third kappa shape index (κ3) is 3.74. The van der Waals surface area contributed by atoms with Crippen molar-refractivity contribution in [3.63, 3.8) is 0 Å². The van der Waals surface area contributed by atoms with Crippen molar-refractivity contribution in [2.75, 3.05) is 32.2 Å². The van der Waals surface area contributed by atoms with Gasteiger partial charge in [-0.2, -0.15) is 4.31 Å². The zero-order chi connectivity index (χ0) is 15.5. The van der Waals surface area contributed by atoms with E-state index >= 15 is 0 Å². The number of aliphatic imine (C=N–C) groups is 1. The van der Waals surface area contributed by atoms with Gasteiger partial charge in [-0.05, 0) is 24.6 Å². The minimum Gasteiger partial charge on any atom is -0.386 e. The Labute approximate surface area is 129 Å². The summed E-state index contributed by atoms with van der Waals surface area (Å²) in [5.74, 6) is 0.342. The molecular formula is C13H18ClN3O3S. The fourth-order valence-corrected chi connectivity index (χ4v) is 3.77. The summed E-state index contributed by atoms with van der Waals surface area (Å²) in [4.78, 5) is 4.34. The van der Waals surface area contributed by atoms with E-state index in [0.29, 0.717) is 37.6 Å². The van der Waals surface area contributed by atoms with Gasteiger partial charge in [0.05, 0.1) is 29.7 Å². The molecule has 0 amide bonds. The van der Waals surface area contributed by atoms with Crippen LogP contribution in [0.25, 0.3) is 0 Å². The summed E-state index contributed by atoms with van der Waals surface area (Å²) in [5.41, 5.74) is 6.74. The summed E-state index contributed by atoms with van der Waals surface area (Å²) < 4.78 is 32.0. The maximum Gasteiger partial charge on any atom is 0.243 e. The second kappa shape index (κ2) is 6.74. The molecule has 1 saturated heterocycles. The molecule has 0 unspecified atom stereocenters. The number of aryl methyl sites for hydroxylation is 1. The number of amidine groups is 1. The minimum absolute atomic E-state index is 0.0967. The van der Waals surface area contributed by atoms with Crippen molar-refractivity contribution in [2.45, 2.75) is 11.8 Å². The smallest absolute Gasteiger partial charge is 0.243 e. The Morgan fingerprint density at radius 3 is 2.71 bits per heavy atom. The van der Waals surface area contributed by atoms with Crippen molar-refractivity contribution < 1.29 is 13.2 Å². The monoisotopic (exact) mass is 331 g/mol. The van der Waals surface area contributed by atoms with Gasteiger partial charge in [0.1, 0.15) is 5.84 Å². The molecule has 2 rings (SSSR count). The van der Waals surface area contributed by atoms with Crippen molar-refractivity contribution in [3.05, 3.63) is 23.8 Å². The van der Waals surface area contributed by atoms with Crippen LogP contribution in [-0.4, -0.2) is 50.7 Å². The van der Waals surface area contributed by atoms with E-state index in [4.69, 9.17) is 22.1 Å². The normalized spacial score (nSPS) is 17.9. The van der Waals surface area contributed by atoms with Gasteiger partial charge in [-0.15, -0.1) is 11.6 Å². The molecule has 21 heavy (non-hydrogen) atoms. The Morgan fingerprint density at radius 1 is 1.43 bits per heavy atom. The molecule has 1 aliphatic heterocycles. The van der Waals surface area contributed by atoms with Gasteiger partial charge in [0, 0.05) is 13.1 Å². The third-order valence-corrected chi connectivity index (χ3v) is 5.48. The molecule has 0 aromatic heterocycles. The number of sulfonamides is 1. The van der Waals surface area contributed by atoms with E-state index in [1.807, 2.05) is 0 Å². The molecule has 0 aliphatic carbocycles. The highest BCUT2D eigenvalue weighted by atomic mass is 35.5. The van der Waals surface area contributed by atoms with Crippen LogP contribution < -0.4 is 5.73 Å². The van der Waals surface area contributed by atoms with Crippen molar-refractivity contribution in [1.29, 1.82) is 0 Å². The SMILES string of the molecule is Cc1ccc(N=C(N)CCl)cc1S(=O)(=O)N1CCOCC1. The number of ether oxygens (including phenoxy) is 1. The lowest BCUT2D eigenvalue weighted by Crippen LogP contribution is -2.40. The summed E-state index contributed by atoms with van der Waals surface area (Å²) in [6.07, 6.45) is 0. The van der Waals surface area contributed by atoms with Gasteiger partial charge in [-0.1, -0.05) is 6.07 Å². The molecule has 0 atom stereocenters. The number of nitrogens with zero attached hydrogens (tertiary/aromatic N) is 2. The fourth-order valence-electron chi connectivity index (χ4n) is 2.06. The molecule has 0 saturated carbocycles. The summed E-state index contributed by atoms with van der Waals surface area (Å²) in [5, 5.41) is 0. The summed E-state index contributed by atoms with van der Waals surface area (Å²) >= 11 is 5.59. The lowest BCUT2D eigenvalue weighted by atomic mass is 10.2. The van der Waals surface area contributed by atoms with Gasteiger partial charge < -0.3 is 10.5 Å². The van der Waals surface area contributed by atoms with E-state index in [1.165, 1.54) is 10.4 Å². The van der Waals surface area contributed by atoms with Crippen LogP contribution in [0.3, 0.4) is 0 Å². The first kappa shape index (κ1) is 16.2. The van der Waals surface area contributed by atoms with E-state index in [9.17, 15) is 8.42 Å². The Hall–Kier alpha value is -1.15. The molecule has 0 radical (unpaired) electrons. The van der Waals surface area contributed by atoms with Crippen molar-refractivity contribution >= 4 is 33.1 Å². The van der Waals surface area contributed by atoms with Crippen LogP contribution in [0, 0.1) is 6.92 Å². The van der Waals surface area contributed by atoms with E-state index < -0.39 is 10.0 Å². The average molecular weight is 332 g/mol. The molecule has 1 aliphatic rings. The molecule has 2 N–H and O–H groups in total. The highest BCUT2D eigenvalue weighted by Crippen LogP contribution is 2.25. The number of alkyl halides is 1. The quantitative estimate of drug-likeness (QED) is 0.511. The minimum atomic E-state index is -3.55. The van der Waals surface area contributed by atoms with Crippen LogP contribution in [0.4, 0.5) is 5.69 Å². The van der Waals surface area contributed by atoms with E-state index in [1.54, 1.807) is 19.1 Å². The summed E-state index contributed by atoms with van der Waals surface area (Å²) in [6, 6.07) is 4.96. The number of halogens is 1. The van der Waals surface area contributed by atoms with Gasteiger partial charge in [0.25, 0.3) is 0 Å². The van der Waals surface area contributed by atoms with Crippen molar-refractivity contribution in [1.82, 2.24) is 4.31 Å². The van der Waals surface area contributed by atoms with Crippen LogP contribution in [0.1, 0.15) is 5.56 Å². The zero-order valence-electron chi connectivity index (χ0n) is 11.8. The fraction of sp³-hybridized carbons (Fsp3) is 0.462. The van der Waals surface area contributed by atoms with E-state index in [-0.39, 0.29) is 16.6 Å². The molecule has 8 heteroatoms. The first-order valence-corrected chi connectivity index (χ1v) is 8.50. The number of hydrogen-bond acceptors (Lipinski definition) is 4. The first-order valence-electron chi connectivity index (χ1n) is 6.52. The molecule has 1 heterocycles. The van der Waals surface area contributed by atoms with Crippen molar-refractivity contribution in [3.8, 4) is 0 Å². The highest BCUT2D eigenvalue weighted by molar-refractivity contribution is 7.89. The Bertz CT molecular complexity index is 640. The van der Waals surface area contributed by atoms with Crippen molar-refractivity contribution in [2.24, 2.45) is 10.7 Å². The zero-order valence-corrected chi connectivity index (χ0v) is 13.3. The van der Waals surface area contributed by atoms with Crippen LogP contribution in [0.15, 0.2) is 28.1 Å². The highest BCUT2D eigenvalue weighted by Gasteiger charge is 2.27. The maximum absolute atomic E-state index is 12.7. The largest absolute Gasteiger partial charge is 0.386 e. The van der Waals surface area contributed by atoms with Gasteiger partial charge in [0.2, 0.25) is 10.0 Å². The maximum atomic E-state index is 12.7. The van der Waals surface area contributed by atoms with Gasteiger partial charge >= 0.3 is 0 Å². The number of rotatable bonds is 4. The predicted octanol–water partition coefficient (Wildman–Crippen LogP) is 1.24. The van der Waals surface area contributed by atoms with E-state index in [2.05, 4.69) is 4.99 Å². The van der Waals surface area contributed by atoms with Crippen LogP contribution >= 0.6 is 11.6 Å². The van der Waals surface area contributed by atoms with Gasteiger partial charge in [-0.25, -0.2) is 13.4 Å². The third-order valence-electron chi connectivity index (χ3n) is 3.17. The molecule has 0 bridgehead atoms. The second-order valence-corrected chi connectivity index (χ2v) is 6.88. The molecule has 1 fully saturated rings. The Kier molecular flexibility index (Phi) is 5.21. The van der Waals surface area contributed by atoms with Crippen LogP contribution in [0.2, 0.25) is 0 Å². The lowest BCUT2D eigenvalue weighted by Gasteiger charge is -2.26. The molecule has 1 aromatic carbocycles. The molecule has 0 spiro atoms. The molecule has 1 aromatic rings. The van der Waals surface area contributed by atoms with Crippen LogP contribution in [-0.2, 0) is 14.8 Å². The van der Waals surface area contributed by atoms with Gasteiger partial charge in [-0.3, -0.25) is 0 Å². The Morgan fingerprint density at radius 2 is 2.10 bits per heavy atom. The molecule has 116 valence electrons. The summed E-state index contributed by atoms with van der Waals surface area (Å²) in [6.45, 7) is 3.30. The van der Waals surface area contributed by atoms with Crippen LogP contribution in [0.5, 0.6) is 0 Å². The predicted molar refractivity (Wildman–Crippen MR) is 82.8 cm³/mol. The number of benzene rings is 1. The molecular weight excluding hydrogens is 314 g/mol. The standard InChI is InChI=1S/C13H18ClN3O3S/c1-10-2-3-11(16-13(15)9-14)8-12(10)21(18,19)17-4-6-20-7-5-17/h2-3,8H,4-7,9H2,1H3,(H2,15,16). The number of hydrogen-bond donors (Lipinski definition) is 1. The second-order valence-electron chi connectivity index (χ2n) is 4.70. The number of morpholine rings is 1. The number of nitrogens with two attached hydrogens (primary N) is 1. The summed E-state index contributed by atoms with van der Waals surface area (Å²) in [7, 11) is -3.55. The van der Waals surface area contributed by atoms with Gasteiger partial charge in [0.15, 0.2) is 0 Å². The molecule has 6 nitrogen and oxygen atoms in total. The average Bonchev–Trinajstić information content (AvgIpc) is 2.49. The lowest BCUT2D eigenvalue weighted by molar-refractivity contribution is 0.0730. The topological polar surface area (TPSA) is 85.0 Å². The Balaban J connectivity index is 2.40. The van der Waals surface area contributed by atoms with E-state index in [0.717, 1.165) is 0 Å². The first-order chi connectivity index (χ1) is 9.95.